The first-order valence-corrected chi connectivity index (χ1v) is 28.5. The first kappa shape index (κ1) is 55.4. The van der Waals surface area contributed by atoms with E-state index < -0.39 is 56.6 Å². The van der Waals surface area contributed by atoms with Crippen LogP contribution in [-0.4, -0.2) is 139 Å². The molecule has 2 aliphatic carbocycles. The van der Waals surface area contributed by atoms with E-state index in [1.165, 1.54) is 36.3 Å². The molecule has 0 bridgehead atoms. The highest BCUT2D eigenvalue weighted by atomic mass is 32.2. The van der Waals surface area contributed by atoms with Crippen molar-refractivity contribution in [2.45, 2.75) is 90.5 Å². The Morgan fingerprint density at radius 3 is 2.21 bits per heavy atom. The number of Topliss-reactive ketones (excluding diaryl/α,β-unsaturated/α-hetero) is 1. The fraction of sp³-hybridized carbons (Fsp3) is 0.455. The number of benzene rings is 3. The lowest BCUT2D eigenvalue weighted by atomic mass is 9.75. The number of carbonyl (C=O) groups is 5. The lowest BCUT2D eigenvalue weighted by Crippen LogP contribution is -2.53. The van der Waals surface area contributed by atoms with Crippen LogP contribution >= 0.6 is 0 Å². The summed E-state index contributed by atoms with van der Waals surface area (Å²) in [5, 5.41) is 10.4. The SMILES string of the molecule is CCOc1cc(N2CCC(C(=O)N3CCN(C(=O)OC4CCC(Nc5cc(-n6nc(C(F)(F)F)c7c6CC(C)(C)CC7=O)ccc5C(N)=O)CC4)CC3)CC2)ccc1Nc1ncc2c(n1)N(S(C)(=O)=O)c1ccccc1C(=O)N2C. The predicted molar refractivity (Wildman–Crippen MR) is 292 cm³/mol. The summed E-state index contributed by atoms with van der Waals surface area (Å²) >= 11 is 0. The number of piperidine rings is 1. The fourth-order valence-corrected chi connectivity index (χ4v) is 12.4. The zero-order valence-electron chi connectivity index (χ0n) is 45.0. The molecule has 2 aromatic heterocycles. The summed E-state index contributed by atoms with van der Waals surface area (Å²) in [5.74, 6) is -1.32. The van der Waals surface area contributed by atoms with Crippen LogP contribution in [0.4, 0.5) is 58.2 Å². The number of nitrogens with two attached hydrogens (primary N) is 1. The summed E-state index contributed by atoms with van der Waals surface area (Å²) in [6.07, 6.45) is 0.268. The zero-order valence-corrected chi connectivity index (χ0v) is 45.8. The normalized spacial score (nSPS) is 19.6. The summed E-state index contributed by atoms with van der Waals surface area (Å²) in [6.45, 7) is 8.44. The number of amides is 4. The number of fused-ring (bicyclic) bond motifs is 3. The Kier molecular flexibility index (Phi) is 14.9. The molecule has 4 N–H and O–H groups in total. The lowest BCUT2D eigenvalue weighted by Gasteiger charge is -2.39. The average Bonchev–Trinajstić information content (AvgIpc) is 3.77. The molecule has 80 heavy (non-hydrogen) atoms. The van der Waals surface area contributed by atoms with Crippen LogP contribution in [0.15, 0.2) is 66.9 Å². The molecule has 4 amide bonds. The van der Waals surface area contributed by atoms with Gasteiger partial charge in [-0.3, -0.25) is 19.2 Å². The number of aromatic nitrogens is 4. The molecule has 25 heteroatoms. The highest BCUT2D eigenvalue weighted by molar-refractivity contribution is 7.92. The Hall–Kier alpha value is -7.96. The Balaban J connectivity index is 0.707. The quantitative estimate of drug-likeness (QED) is 0.108. The molecule has 0 spiro atoms. The van der Waals surface area contributed by atoms with Gasteiger partial charge in [0.25, 0.3) is 11.8 Å². The number of alkyl halides is 3. The van der Waals surface area contributed by atoms with Gasteiger partial charge in [-0.05, 0) is 99.7 Å². The Labute approximate surface area is 460 Å². The van der Waals surface area contributed by atoms with Crippen molar-refractivity contribution in [1.29, 1.82) is 0 Å². The molecule has 5 aromatic rings. The molecule has 0 atom stereocenters. The van der Waals surface area contributed by atoms with E-state index in [9.17, 15) is 45.6 Å². The number of para-hydroxylation sites is 1. The maximum atomic E-state index is 14.2. The van der Waals surface area contributed by atoms with Crippen LogP contribution < -0.4 is 35.2 Å². The summed E-state index contributed by atoms with van der Waals surface area (Å²) in [7, 11) is -2.43. The lowest BCUT2D eigenvalue weighted by molar-refractivity contribution is -0.141. The van der Waals surface area contributed by atoms with Crippen LogP contribution in [-0.2, 0) is 32.2 Å². The van der Waals surface area contributed by atoms with E-state index in [0.29, 0.717) is 102 Å². The molecule has 424 valence electrons. The Bertz CT molecular complexity index is 3390. The van der Waals surface area contributed by atoms with E-state index in [-0.39, 0.29) is 82.5 Å². The second kappa shape index (κ2) is 21.6. The van der Waals surface area contributed by atoms with Crippen molar-refractivity contribution in [2.75, 3.05) is 83.9 Å². The van der Waals surface area contributed by atoms with Gasteiger partial charge in [-0.1, -0.05) is 26.0 Å². The van der Waals surface area contributed by atoms with Crippen molar-refractivity contribution in [2.24, 2.45) is 17.1 Å². The fourth-order valence-electron chi connectivity index (χ4n) is 11.5. The molecule has 10 rings (SSSR count). The molecule has 21 nitrogen and oxygen atoms in total. The summed E-state index contributed by atoms with van der Waals surface area (Å²) in [6, 6.07) is 16.3. The number of nitrogens with zero attached hydrogens (tertiary/aromatic N) is 9. The molecular formula is C55H63F3N12O9S. The number of ether oxygens (including phenoxy) is 2. The number of anilines is 7. The standard InChI is InChI=1S/C55H63F3N12O9S/c1-6-78-45-28-34(14-18-39(45)62-52-60-31-43-49(63-52)70(80(5,76)77)41-10-8-7-9-38(41)51(74)65(43)4)66-21-19-32(20-22-66)50(73)67-23-25-68(26-24-67)53(75)79-36-15-11-33(12-16-36)61-40-27-35(13-17-37(40)48(59)72)69-42-29-54(2,3)30-44(71)46(42)47(64-69)55(56,57)58/h7-10,13-14,17-18,27-28,31-33,36,61H,6,11-12,15-16,19-26,29-30H2,1-5H3,(H2,59,72)(H,60,62,63). The molecule has 2 saturated heterocycles. The highest BCUT2D eigenvalue weighted by Crippen LogP contribution is 2.44. The van der Waals surface area contributed by atoms with Crippen molar-refractivity contribution in [3.63, 3.8) is 0 Å². The van der Waals surface area contributed by atoms with Gasteiger partial charge >= 0.3 is 12.3 Å². The number of halogens is 3. The number of ketones is 1. The van der Waals surface area contributed by atoms with Crippen LogP contribution in [0.1, 0.15) is 108 Å². The third kappa shape index (κ3) is 11.1. The van der Waals surface area contributed by atoms with Gasteiger partial charge < -0.3 is 45.4 Å². The van der Waals surface area contributed by atoms with Gasteiger partial charge in [0.15, 0.2) is 17.3 Å². The largest absolute Gasteiger partial charge is 0.492 e. The minimum Gasteiger partial charge on any atom is -0.492 e. The molecule has 3 fully saturated rings. The summed E-state index contributed by atoms with van der Waals surface area (Å²) in [4.78, 5) is 82.3. The maximum absolute atomic E-state index is 14.2. The van der Waals surface area contributed by atoms with E-state index in [4.69, 9.17) is 15.2 Å². The third-order valence-electron chi connectivity index (χ3n) is 15.5. The van der Waals surface area contributed by atoms with Crippen LogP contribution in [0.3, 0.4) is 0 Å². The van der Waals surface area contributed by atoms with E-state index in [1.807, 2.05) is 43.9 Å². The first-order valence-electron chi connectivity index (χ1n) is 26.7. The smallest absolute Gasteiger partial charge is 0.435 e. The third-order valence-corrected chi connectivity index (χ3v) is 16.5. The molecule has 0 unspecified atom stereocenters. The van der Waals surface area contributed by atoms with Gasteiger partial charge in [-0.25, -0.2) is 27.2 Å². The van der Waals surface area contributed by atoms with Gasteiger partial charge in [-0.15, -0.1) is 0 Å². The predicted octanol–water partition coefficient (Wildman–Crippen LogP) is 7.69. The van der Waals surface area contributed by atoms with E-state index in [0.717, 1.165) is 20.9 Å². The maximum Gasteiger partial charge on any atom is 0.435 e. The Morgan fingerprint density at radius 1 is 0.850 bits per heavy atom. The van der Waals surface area contributed by atoms with Gasteiger partial charge in [-0.2, -0.15) is 23.3 Å². The molecule has 0 radical (unpaired) electrons. The topological polar surface area (TPSA) is 248 Å². The van der Waals surface area contributed by atoms with Gasteiger partial charge in [0.1, 0.15) is 17.5 Å². The molecular weight excluding hydrogens is 1060 g/mol. The van der Waals surface area contributed by atoms with Crippen molar-refractivity contribution in [3.05, 3.63) is 94.9 Å². The molecule has 5 aliphatic rings. The van der Waals surface area contributed by atoms with Crippen molar-refractivity contribution in [1.82, 2.24) is 29.5 Å². The van der Waals surface area contributed by atoms with E-state index in [2.05, 4.69) is 30.6 Å². The zero-order chi connectivity index (χ0) is 57.0. The second-order valence-corrected chi connectivity index (χ2v) is 23.6. The number of nitrogens with one attached hydrogen (secondary N) is 2. The minimum absolute atomic E-state index is 0.00588. The van der Waals surface area contributed by atoms with Crippen LogP contribution in [0.25, 0.3) is 5.69 Å². The van der Waals surface area contributed by atoms with Gasteiger partial charge in [0.05, 0.1) is 58.5 Å². The average molecular weight is 1130 g/mol. The Morgan fingerprint density at radius 2 is 1.54 bits per heavy atom. The monoisotopic (exact) mass is 1120 g/mol. The van der Waals surface area contributed by atoms with Gasteiger partial charge in [0, 0.05) is 82.1 Å². The molecule has 3 aromatic carbocycles. The van der Waals surface area contributed by atoms with Crippen LogP contribution in [0.5, 0.6) is 5.75 Å². The number of primary amides is 1. The summed E-state index contributed by atoms with van der Waals surface area (Å²) < 4.78 is 83.3. The number of rotatable bonds is 12. The second-order valence-electron chi connectivity index (χ2n) is 21.7. The number of carbonyl (C=O) groups excluding carboxylic acids is 5. The number of sulfonamides is 1. The van der Waals surface area contributed by atoms with Crippen molar-refractivity contribution >= 4 is 79.8 Å². The van der Waals surface area contributed by atoms with E-state index in [1.54, 1.807) is 29.2 Å². The molecule has 3 aliphatic heterocycles. The first-order chi connectivity index (χ1) is 38.0. The van der Waals surface area contributed by atoms with Crippen molar-refractivity contribution in [3.8, 4) is 11.4 Å². The number of hydrogen-bond donors (Lipinski definition) is 3. The van der Waals surface area contributed by atoms with Gasteiger partial charge in [0.2, 0.25) is 21.9 Å². The minimum atomic E-state index is -4.85. The van der Waals surface area contributed by atoms with Crippen molar-refractivity contribution < 1.29 is 55.0 Å². The molecule has 1 saturated carbocycles. The highest BCUT2D eigenvalue weighted by Gasteiger charge is 2.46. The number of piperazine rings is 1. The van der Waals surface area contributed by atoms with Crippen LogP contribution in [0, 0.1) is 11.3 Å². The van der Waals surface area contributed by atoms with E-state index >= 15 is 0 Å². The molecule has 5 heterocycles. The van der Waals surface area contributed by atoms with Crippen LogP contribution in [0.2, 0.25) is 0 Å². The summed E-state index contributed by atoms with van der Waals surface area (Å²) in [5.41, 5.74) is 6.32. The number of hydrogen-bond acceptors (Lipinski definition) is 15.